The number of carbonyl (C=O) groups excluding carboxylic acids is 1. The number of aromatic amines is 1. The summed E-state index contributed by atoms with van der Waals surface area (Å²) < 4.78 is 92.3. The number of hydrogen-bond acceptors (Lipinski definition) is 5. The summed E-state index contributed by atoms with van der Waals surface area (Å²) in [7, 11) is -4.31. The topological polar surface area (TPSA) is 110 Å². The fraction of sp³-hybridized carbons (Fsp3) is 0.105. The molecule has 0 bridgehead atoms. The standard InChI is InChI=1S/C19H12F5N5O3S/c1-29-8-10(6-27-29)9-4-11-12(7-26-18(11)25-5-9)17(30)15-13(20)2-3-14(16(15)21)28-33(31,32)19(22,23)24/h2-8,28H,1H3,(H,25,26). The van der Waals surface area contributed by atoms with Crippen molar-refractivity contribution in [3.63, 3.8) is 0 Å². The van der Waals surface area contributed by atoms with E-state index in [1.165, 1.54) is 23.1 Å². The van der Waals surface area contributed by atoms with Crippen LogP contribution < -0.4 is 4.72 Å². The van der Waals surface area contributed by atoms with Crippen molar-refractivity contribution in [2.75, 3.05) is 4.72 Å². The number of aryl methyl sites for hydroxylation is 1. The third-order valence-electron chi connectivity index (χ3n) is 4.68. The van der Waals surface area contributed by atoms with E-state index in [0.29, 0.717) is 23.3 Å². The minimum atomic E-state index is -6.00. The minimum absolute atomic E-state index is 0.182. The summed E-state index contributed by atoms with van der Waals surface area (Å²) in [6.45, 7) is 0. The van der Waals surface area contributed by atoms with Crippen LogP contribution in [0.4, 0.5) is 27.6 Å². The number of H-pyrrole nitrogens is 1. The number of fused-ring (bicyclic) bond motifs is 1. The summed E-state index contributed by atoms with van der Waals surface area (Å²) in [5.74, 6) is -4.41. The number of nitrogens with one attached hydrogen (secondary N) is 2. The average Bonchev–Trinajstić information content (AvgIpc) is 3.35. The van der Waals surface area contributed by atoms with Crippen LogP contribution >= 0.6 is 0 Å². The van der Waals surface area contributed by atoms with E-state index in [4.69, 9.17) is 0 Å². The third kappa shape index (κ3) is 3.92. The Balaban J connectivity index is 1.80. The predicted molar refractivity (Wildman–Crippen MR) is 107 cm³/mol. The number of nitrogens with zero attached hydrogens (tertiary/aromatic N) is 3. The van der Waals surface area contributed by atoms with Gasteiger partial charge in [-0.15, -0.1) is 0 Å². The molecule has 0 saturated heterocycles. The lowest BCUT2D eigenvalue weighted by Crippen LogP contribution is -2.30. The van der Waals surface area contributed by atoms with Gasteiger partial charge < -0.3 is 4.98 Å². The molecular weight excluding hydrogens is 473 g/mol. The van der Waals surface area contributed by atoms with Crippen LogP contribution in [0.2, 0.25) is 0 Å². The number of hydrogen-bond donors (Lipinski definition) is 2. The van der Waals surface area contributed by atoms with Crippen LogP contribution in [0.15, 0.2) is 43.0 Å². The Morgan fingerprint density at radius 1 is 1.15 bits per heavy atom. The molecule has 4 aromatic rings. The number of anilines is 1. The molecule has 2 N–H and O–H groups in total. The minimum Gasteiger partial charge on any atom is -0.345 e. The Morgan fingerprint density at radius 2 is 1.88 bits per heavy atom. The van der Waals surface area contributed by atoms with Gasteiger partial charge in [-0.1, -0.05) is 0 Å². The van der Waals surface area contributed by atoms with Gasteiger partial charge in [0.1, 0.15) is 11.5 Å². The molecule has 3 heterocycles. The maximum absolute atomic E-state index is 14.8. The van der Waals surface area contributed by atoms with Gasteiger partial charge in [0.05, 0.1) is 17.4 Å². The number of carbonyl (C=O) groups is 1. The van der Waals surface area contributed by atoms with E-state index >= 15 is 0 Å². The van der Waals surface area contributed by atoms with Crippen LogP contribution in [0.25, 0.3) is 22.2 Å². The molecule has 3 aromatic heterocycles. The van der Waals surface area contributed by atoms with E-state index in [9.17, 15) is 35.2 Å². The lowest BCUT2D eigenvalue weighted by atomic mass is 10.0. The largest absolute Gasteiger partial charge is 0.516 e. The summed E-state index contributed by atoms with van der Waals surface area (Å²) >= 11 is 0. The maximum Gasteiger partial charge on any atom is 0.516 e. The molecule has 0 unspecified atom stereocenters. The van der Waals surface area contributed by atoms with Gasteiger partial charge in [0, 0.05) is 47.7 Å². The third-order valence-corrected chi connectivity index (χ3v) is 5.78. The van der Waals surface area contributed by atoms with Crippen molar-refractivity contribution in [3.05, 3.63) is 65.7 Å². The van der Waals surface area contributed by atoms with Crippen molar-refractivity contribution < 1.29 is 35.2 Å². The molecule has 4 rings (SSSR count). The Hall–Kier alpha value is -3.81. The van der Waals surface area contributed by atoms with E-state index in [-0.39, 0.29) is 16.6 Å². The molecule has 33 heavy (non-hydrogen) atoms. The molecule has 0 saturated carbocycles. The summed E-state index contributed by atoms with van der Waals surface area (Å²) in [5.41, 5.74) is -7.04. The average molecular weight is 485 g/mol. The Labute approximate surface area is 182 Å². The number of pyridine rings is 1. The molecular formula is C19H12F5N5O3S. The summed E-state index contributed by atoms with van der Waals surface area (Å²) in [6, 6.07) is 2.45. The molecule has 0 fully saturated rings. The lowest BCUT2D eigenvalue weighted by molar-refractivity contribution is -0.0429. The van der Waals surface area contributed by atoms with Gasteiger partial charge in [0.15, 0.2) is 5.82 Å². The summed E-state index contributed by atoms with van der Waals surface area (Å²) in [6.07, 6.45) is 5.83. The molecule has 0 amide bonds. The zero-order valence-electron chi connectivity index (χ0n) is 16.4. The molecule has 8 nitrogen and oxygen atoms in total. The van der Waals surface area contributed by atoms with E-state index in [1.54, 1.807) is 13.2 Å². The second kappa shape index (κ2) is 7.65. The van der Waals surface area contributed by atoms with Crippen molar-refractivity contribution in [3.8, 4) is 11.1 Å². The zero-order chi connectivity index (χ0) is 24.1. The lowest BCUT2D eigenvalue weighted by Gasteiger charge is -2.13. The predicted octanol–water partition coefficient (Wildman–Crippen LogP) is 3.73. The van der Waals surface area contributed by atoms with Gasteiger partial charge in [-0.25, -0.2) is 13.8 Å². The van der Waals surface area contributed by atoms with Gasteiger partial charge in [-0.3, -0.25) is 14.2 Å². The van der Waals surface area contributed by atoms with Gasteiger partial charge in [-0.05, 0) is 18.2 Å². The molecule has 0 aliphatic rings. The molecule has 0 spiro atoms. The van der Waals surface area contributed by atoms with Crippen LogP contribution in [-0.2, 0) is 17.1 Å². The molecule has 0 aliphatic carbocycles. The molecule has 0 atom stereocenters. The van der Waals surface area contributed by atoms with Crippen LogP contribution in [0.5, 0.6) is 0 Å². The first kappa shape index (κ1) is 22.4. The molecule has 0 aliphatic heterocycles. The van der Waals surface area contributed by atoms with E-state index in [0.717, 1.165) is 10.9 Å². The normalized spacial score (nSPS) is 12.3. The fourth-order valence-corrected chi connectivity index (χ4v) is 3.66. The van der Waals surface area contributed by atoms with Gasteiger partial charge in [0.2, 0.25) is 5.78 Å². The van der Waals surface area contributed by atoms with Crippen LogP contribution in [0.1, 0.15) is 15.9 Å². The highest BCUT2D eigenvalue weighted by atomic mass is 32.2. The molecule has 172 valence electrons. The smallest absolute Gasteiger partial charge is 0.345 e. The van der Waals surface area contributed by atoms with Gasteiger partial charge >= 0.3 is 15.5 Å². The Kier molecular flexibility index (Phi) is 5.19. The van der Waals surface area contributed by atoms with Crippen molar-refractivity contribution >= 4 is 32.5 Å². The first-order valence-corrected chi connectivity index (χ1v) is 10.5. The molecule has 1 aromatic carbocycles. The molecule has 14 heteroatoms. The van der Waals surface area contributed by atoms with Gasteiger partial charge in [-0.2, -0.15) is 26.7 Å². The monoisotopic (exact) mass is 485 g/mol. The van der Waals surface area contributed by atoms with Crippen LogP contribution in [0, 0.1) is 11.6 Å². The highest BCUT2D eigenvalue weighted by Gasteiger charge is 2.46. The maximum atomic E-state index is 14.8. The quantitative estimate of drug-likeness (QED) is 0.331. The number of ketones is 1. The van der Waals surface area contributed by atoms with Crippen molar-refractivity contribution in [2.45, 2.75) is 5.51 Å². The molecule has 0 radical (unpaired) electrons. The Morgan fingerprint density at radius 3 is 2.52 bits per heavy atom. The van der Waals surface area contributed by atoms with E-state index in [2.05, 4.69) is 15.1 Å². The van der Waals surface area contributed by atoms with Crippen molar-refractivity contribution in [1.29, 1.82) is 0 Å². The fourth-order valence-electron chi connectivity index (χ4n) is 3.10. The first-order chi connectivity index (χ1) is 15.4. The van der Waals surface area contributed by atoms with Gasteiger partial charge in [0.25, 0.3) is 0 Å². The first-order valence-electron chi connectivity index (χ1n) is 8.97. The number of aromatic nitrogens is 4. The highest BCUT2D eigenvalue weighted by molar-refractivity contribution is 7.93. The van der Waals surface area contributed by atoms with Crippen molar-refractivity contribution in [1.82, 2.24) is 19.7 Å². The van der Waals surface area contributed by atoms with Crippen molar-refractivity contribution in [2.24, 2.45) is 7.05 Å². The SMILES string of the molecule is Cn1cc(-c2cnc3[nH]cc(C(=O)c4c(F)ccc(NS(=O)(=O)C(F)(F)F)c4F)c3c2)cn1. The second-order valence-electron chi connectivity index (χ2n) is 6.89. The number of benzene rings is 1. The highest BCUT2D eigenvalue weighted by Crippen LogP contribution is 2.31. The van der Waals surface area contributed by atoms with E-state index in [1.807, 2.05) is 0 Å². The number of alkyl halides is 3. The summed E-state index contributed by atoms with van der Waals surface area (Å²) in [4.78, 5) is 19.8. The second-order valence-corrected chi connectivity index (χ2v) is 8.56. The van der Waals surface area contributed by atoms with Crippen LogP contribution in [-0.4, -0.2) is 39.5 Å². The Bertz CT molecular complexity index is 1510. The van der Waals surface area contributed by atoms with E-state index < -0.39 is 44.2 Å². The van der Waals surface area contributed by atoms with Crippen LogP contribution in [0.3, 0.4) is 0 Å². The summed E-state index contributed by atoms with van der Waals surface area (Å²) in [5, 5.41) is 4.21. The zero-order valence-corrected chi connectivity index (χ0v) is 17.2. The number of sulfonamides is 1. The number of rotatable bonds is 5. The number of halogens is 5.